The van der Waals surface area contributed by atoms with E-state index in [1.165, 1.54) is 24.7 Å². The lowest BCUT2D eigenvalue weighted by molar-refractivity contribution is 0.774. The van der Waals surface area contributed by atoms with Crippen molar-refractivity contribution in [2.45, 2.75) is 18.6 Å². The minimum atomic E-state index is 0.355. The molecule has 1 aliphatic heterocycles. The van der Waals surface area contributed by atoms with Crippen LogP contribution in [0.25, 0.3) is 0 Å². The summed E-state index contributed by atoms with van der Waals surface area (Å²) in [6, 6.07) is 8.78. The number of hydrogen-bond acceptors (Lipinski definition) is 1. The van der Waals surface area contributed by atoms with Gasteiger partial charge in [0.25, 0.3) is 0 Å². The third-order valence-corrected chi connectivity index (χ3v) is 2.91. The molecule has 1 unspecified atom stereocenters. The Morgan fingerprint density at radius 3 is 2.42 bits per heavy atom. The monoisotopic (exact) mass is 159 g/mol. The summed E-state index contributed by atoms with van der Waals surface area (Å²) in [7, 11) is 1.27. The summed E-state index contributed by atoms with van der Waals surface area (Å²) in [6.45, 7) is 2.92. The average molecular weight is 159 g/mol. The predicted molar refractivity (Wildman–Crippen MR) is 53.9 cm³/mol. The maximum absolute atomic E-state index is 5.74. The van der Waals surface area contributed by atoms with Crippen LogP contribution < -0.4 is 5.73 Å². The fraction of sp³-hybridized carbons (Fsp3) is 0.400. The zero-order valence-corrected chi connectivity index (χ0v) is 7.51. The van der Waals surface area contributed by atoms with Crippen LogP contribution in [0.5, 0.6) is 0 Å². The molecule has 0 amide bonds. The number of benzene rings is 1. The Morgan fingerprint density at radius 1 is 1.42 bits per heavy atom. The van der Waals surface area contributed by atoms with E-state index in [1.807, 2.05) is 0 Å². The van der Waals surface area contributed by atoms with Crippen molar-refractivity contribution >= 4 is 7.28 Å². The number of nitrogens with two attached hydrogens (primary N) is 1. The van der Waals surface area contributed by atoms with E-state index in [9.17, 15) is 0 Å². The van der Waals surface area contributed by atoms with Gasteiger partial charge in [0, 0.05) is 0 Å². The predicted octanol–water partition coefficient (Wildman–Crippen LogP) is 1.02. The molecule has 1 saturated heterocycles. The minimum absolute atomic E-state index is 0.355. The molecule has 62 valence electrons. The molecular weight excluding hydrogens is 145 g/mol. The minimum Gasteiger partial charge on any atom is -0.330 e. The molecular formula is C10H14BN. The van der Waals surface area contributed by atoms with Gasteiger partial charge in [0.1, 0.15) is 7.28 Å². The van der Waals surface area contributed by atoms with Crippen molar-refractivity contribution in [1.29, 1.82) is 0 Å². The zero-order chi connectivity index (χ0) is 8.60. The van der Waals surface area contributed by atoms with Crippen molar-refractivity contribution in [2.24, 2.45) is 5.73 Å². The molecule has 1 aromatic rings. The highest BCUT2D eigenvalue weighted by Gasteiger charge is 2.43. The summed E-state index contributed by atoms with van der Waals surface area (Å²) in [6.07, 6.45) is 1.27. The van der Waals surface area contributed by atoms with Crippen LogP contribution in [-0.4, -0.2) is 13.8 Å². The third-order valence-electron chi connectivity index (χ3n) is 2.91. The van der Waals surface area contributed by atoms with E-state index in [-0.39, 0.29) is 0 Å². The molecule has 2 heteroatoms. The van der Waals surface area contributed by atoms with Crippen molar-refractivity contribution < 1.29 is 0 Å². The first-order valence-corrected chi connectivity index (χ1v) is 4.54. The van der Waals surface area contributed by atoms with Gasteiger partial charge in [0.05, 0.1) is 0 Å². The first kappa shape index (κ1) is 7.87. The number of hydrogen-bond donors (Lipinski definition) is 1. The lowest BCUT2D eigenvalue weighted by Gasteiger charge is -2.13. The summed E-state index contributed by atoms with van der Waals surface area (Å²) in [4.78, 5) is 0. The van der Waals surface area contributed by atoms with Gasteiger partial charge in [0.2, 0.25) is 0 Å². The molecule has 2 N–H and O–H groups in total. The van der Waals surface area contributed by atoms with Gasteiger partial charge in [-0.25, -0.2) is 0 Å². The van der Waals surface area contributed by atoms with Gasteiger partial charge in [-0.05, 0) is 24.3 Å². The van der Waals surface area contributed by atoms with Crippen LogP contribution in [0.2, 0.25) is 6.32 Å². The SMILES string of the molecule is Cc1ccc(C2(CN)BC2)cc1. The molecule has 12 heavy (non-hydrogen) atoms. The van der Waals surface area contributed by atoms with Crippen LogP contribution in [-0.2, 0) is 5.31 Å². The third kappa shape index (κ3) is 1.16. The van der Waals surface area contributed by atoms with E-state index in [2.05, 4.69) is 31.2 Å². The summed E-state index contributed by atoms with van der Waals surface area (Å²) < 4.78 is 0. The van der Waals surface area contributed by atoms with Crippen molar-refractivity contribution in [3.63, 3.8) is 0 Å². The van der Waals surface area contributed by atoms with Crippen LogP contribution in [0.1, 0.15) is 11.1 Å². The molecule has 2 rings (SSSR count). The largest absolute Gasteiger partial charge is 0.330 e. The Bertz CT molecular complexity index is 274. The molecule has 0 saturated carbocycles. The van der Waals surface area contributed by atoms with Crippen LogP contribution in [0.4, 0.5) is 0 Å². The first-order valence-electron chi connectivity index (χ1n) is 4.54. The highest BCUT2D eigenvalue weighted by Crippen LogP contribution is 2.39. The lowest BCUT2D eigenvalue weighted by atomic mass is 9.81. The Balaban J connectivity index is 2.29. The molecule has 1 nitrogen and oxygen atoms in total. The summed E-state index contributed by atoms with van der Waals surface area (Å²) in [5.74, 6) is 0. The fourth-order valence-electron chi connectivity index (χ4n) is 1.67. The van der Waals surface area contributed by atoms with Crippen molar-refractivity contribution in [3.8, 4) is 0 Å². The standard InChI is InChI=1S/C10H14BN/c1-8-2-4-9(5-3-8)10(7-12)6-11-10/h2-5,11H,6-7,12H2,1H3. The molecule has 0 aromatic heterocycles. The smallest absolute Gasteiger partial charge is 0.134 e. The van der Waals surface area contributed by atoms with E-state index >= 15 is 0 Å². The zero-order valence-electron chi connectivity index (χ0n) is 7.51. The lowest BCUT2D eigenvalue weighted by Crippen LogP contribution is -2.21. The molecule has 1 atom stereocenters. The molecule has 1 aromatic carbocycles. The van der Waals surface area contributed by atoms with E-state index in [4.69, 9.17) is 5.73 Å². The van der Waals surface area contributed by atoms with Crippen molar-refractivity contribution in [2.75, 3.05) is 6.54 Å². The van der Waals surface area contributed by atoms with Gasteiger partial charge >= 0.3 is 0 Å². The Morgan fingerprint density at radius 2 is 2.00 bits per heavy atom. The number of aryl methyl sites for hydroxylation is 1. The van der Waals surface area contributed by atoms with Gasteiger partial charge in [-0.1, -0.05) is 36.1 Å². The normalized spacial score (nSPS) is 26.5. The van der Waals surface area contributed by atoms with Crippen LogP contribution in [0.3, 0.4) is 0 Å². The van der Waals surface area contributed by atoms with E-state index in [0.717, 1.165) is 6.54 Å². The van der Waals surface area contributed by atoms with Crippen molar-refractivity contribution in [3.05, 3.63) is 35.4 Å². The Kier molecular flexibility index (Phi) is 1.73. The van der Waals surface area contributed by atoms with E-state index in [1.54, 1.807) is 0 Å². The highest BCUT2D eigenvalue weighted by molar-refractivity contribution is 6.54. The topological polar surface area (TPSA) is 26.0 Å². The van der Waals surface area contributed by atoms with Gasteiger partial charge in [-0.2, -0.15) is 0 Å². The second-order valence-electron chi connectivity index (χ2n) is 3.85. The van der Waals surface area contributed by atoms with E-state index < -0.39 is 0 Å². The summed E-state index contributed by atoms with van der Waals surface area (Å²) in [5, 5.41) is 0.355. The first-order chi connectivity index (χ1) is 5.77. The number of rotatable bonds is 2. The van der Waals surface area contributed by atoms with E-state index in [0.29, 0.717) is 5.31 Å². The Labute approximate surface area is 74.2 Å². The van der Waals surface area contributed by atoms with Gasteiger partial charge < -0.3 is 5.73 Å². The molecule has 1 aliphatic rings. The molecule has 0 bridgehead atoms. The van der Waals surface area contributed by atoms with Gasteiger partial charge in [0.15, 0.2) is 0 Å². The van der Waals surface area contributed by atoms with Crippen LogP contribution >= 0.6 is 0 Å². The molecule has 1 fully saturated rings. The van der Waals surface area contributed by atoms with Crippen LogP contribution in [0, 0.1) is 6.92 Å². The molecule has 0 spiro atoms. The highest BCUT2D eigenvalue weighted by atomic mass is 14.6. The average Bonchev–Trinajstić information content (AvgIpc) is 2.86. The second kappa shape index (κ2) is 2.63. The maximum atomic E-state index is 5.74. The van der Waals surface area contributed by atoms with Crippen LogP contribution in [0.15, 0.2) is 24.3 Å². The second-order valence-corrected chi connectivity index (χ2v) is 3.85. The van der Waals surface area contributed by atoms with Crippen molar-refractivity contribution in [1.82, 2.24) is 0 Å². The summed E-state index contributed by atoms with van der Waals surface area (Å²) >= 11 is 0. The van der Waals surface area contributed by atoms with Gasteiger partial charge in [-0.3, -0.25) is 0 Å². The fourth-order valence-corrected chi connectivity index (χ4v) is 1.67. The summed E-state index contributed by atoms with van der Waals surface area (Å²) in [5.41, 5.74) is 8.49. The quantitative estimate of drug-likeness (QED) is 0.640. The van der Waals surface area contributed by atoms with Gasteiger partial charge in [-0.15, -0.1) is 0 Å². The Hall–Kier alpha value is -0.755. The molecule has 0 aliphatic carbocycles. The maximum Gasteiger partial charge on any atom is 0.134 e. The molecule has 0 radical (unpaired) electrons. The molecule has 1 heterocycles.